The number of nitrogens with zero attached hydrogens (tertiary/aromatic N) is 1. The molecule has 3 rings (SSSR count). The van der Waals surface area contributed by atoms with E-state index in [-0.39, 0.29) is 0 Å². The van der Waals surface area contributed by atoms with Gasteiger partial charge < -0.3 is 10.2 Å². The molecule has 3 heterocycles. The standard InChI is InChI=1S/C15H20N2S2/c1-2-9-17(8-1)10-7-16-15(13-5-3-11-18-13)14-6-4-12-19-14/h3-6,11-12,15-16H,1-2,7-10H2. The summed E-state index contributed by atoms with van der Waals surface area (Å²) in [4.78, 5) is 5.40. The third-order valence-corrected chi connectivity index (χ3v) is 5.50. The van der Waals surface area contributed by atoms with Crippen molar-refractivity contribution in [1.29, 1.82) is 0 Å². The first kappa shape index (κ1) is 13.3. The van der Waals surface area contributed by atoms with Crippen molar-refractivity contribution in [1.82, 2.24) is 10.2 Å². The lowest BCUT2D eigenvalue weighted by Gasteiger charge is -2.19. The molecule has 1 fully saturated rings. The summed E-state index contributed by atoms with van der Waals surface area (Å²) < 4.78 is 0. The van der Waals surface area contributed by atoms with Gasteiger partial charge in [-0.25, -0.2) is 0 Å². The Morgan fingerprint density at radius 1 is 1.05 bits per heavy atom. The van der Waals surface area contributed by atoms with E-state index >= 15 is 0 Å². The number of rotatable bonds is 6. The van der Waals surface area contributed by atoms with Gasteiger partial charge in [0.2, 0.25) is 0 Å². The highest BCUT2D eigenvalue weighted by Crippen LogP contribution is 2.28. The number of hydrogen-bond acceptors (Lipinski definition) is 4. The number of likely N-dealkylation sites (tertiary alicyclic amines) is 1. The second-order valence-corrected chi connectivity index (χ2v) is 6.93. The van der Waals surface area contributed by atoms with Crippen molar-refractivity contribution in [3.63, 3.8) is 0 Å². The Balaban J connectivity index is 1.60. The van der Waals surface area contributed by atoms with E-state index in [2.05, 4.69) is 45.2 Å². The van der Waals surface area contributed by atoms with Crippen LogP contribution in [-0.2, 0) is 0 Å². The van der Waals surface area contributed by atoms with Crippen molar-refractivity contribution in [2.24, 2.45) is 0 Å². The maximum atomic E-state index is 3.73. The van der Waals surface area contributed by atoms with E-state index in [9.17, 15) is 0 Å². The molecular formula is C15H20N2S2. The lowest BCUT2D eigenvalue weighted by atomic mass is 10.2. The molecule has 0 amide bonds. The number of nitrogens with one attached hydrogen (secondary N) is 1. The van der Waals surface area contributed by atoms with Crippen LogP contribution >= 0.6 is 22.7 Å². The Kier molecular flexibility index (Phi) is 4.66. The van der Waals surface area contributed by atoms with Crippen molar-refractivity contribution in [2.45, 2.75) is 18.9 Å². The van der Waals surface area contributed by atoms with E-state index < -0.39 is 0 Å². The molecule has 0 aromatic carbocycles. The van der Waals surface area contributed by atoms with Crippen molar-refractivity contribution >= 4 is 22.7 Å². The summed E-state index contributed by atoms with van der Waals surface area (Å²) in [5.41, 5.74) is 0. The van der Waals surface area contributed by atoms with Gasteiger partial charge in [-0.3, -0.25) is 0 Å². The van der Waals surface area contributed by atoms with Crippen molar-refractivity contribution in [3.8, 4) is 0 Å². The molecule has 1 aliphatic rings. The zero-order chi connectivity index (χ0) is 12.9. The summed E-state index contributed by atoms with van der Waals surface area (Å²) in [5, 5.41) is 8.06. The average Bonchev–Trinajstić information content (AvgIpc) is 3.15. The molecule has 2 aromatic heterocycles. The van der Waals surface area contributed by atoms with Gasteiger partial charge in [0, 0.05) is 22.8 Å². The Morgan fingerprint density at radius 3 is 2.21 bits per heavy atom. The maximum absolute atomic E-state index is 3.73. The van der Waals surface area contributed by atoms with Gasteiger partial charge in [-0.05, 0) is 48.8 Å². The molecule has 0 unspecified atom stereocenters. The SMILES string of the molecule is c1csc(C(NCCN2CCCC2)c2cccs2)c1. The first-order valence-corrected chi connectivity index (χ1v) is 8.72. The first-order valence-electron chi connectivity index (χ1n) is 6.96. The molecule has 1 N–H and O–H groups in total. The lowest BCUT2D eigenvalue weighted by molar-refractivity contribution is 0.332. The Hall–Kier alpha value is -0.680. The van der Waals surface area contributed by atoms with Crippen LogP contribution in [0.3, 0.4) is 0 Å². The highest BCUT2D eigenvalue weighted by Gasteiger charge is 2.16. The molecule has 0 atom stereocenters. The van der Waals surface area contributed by atoms with E-state index in [1.807, 2.05) is 22.7 Å². The number of hydrogen-bond donors (Lipinski definition) is 1. The van der Waals surface area contributed by atoms with E-state index in [0.717, 1.165) is 6.54 Å². The van der Waals surface area contributed by atoms with Gasteiger partial charge in [0.05, 0.1) is 6.04 Å². The third-order valence-electron chi connectivity index (χ3n) is 3.63. The quantitative estimate of drug-likeness (QED) is 0.875. The second-order valence-electron chi connectivity index (χ2n) is 4.97. The minimum atomic E-state index is 0.377. The van der Waals surface area contributed by atoms with E-state index in [1.54, 1.807) is 0 Å². The largest absolute Gasteiger partial charge is 0.304 e. The van der Waals surface area contributed by atoms with E-state index in [4.69, 9.17) is 0 Å². The van der Waals surface area contributed by atoms with Gasteiger partial charge in [-0.1, -0.05) is 12.1 Å². The maximum Gasteiger partial charge on any atom is 0.0765 e. The van der Waals surface area contributed by atoms with Gasteiger partial charge in [-0.15, -0.1) is 22.7 Å². The predicted octanol–water partition coefficient (Wildman–Crippen LogP) is 3.58. The van der Waals surface area contributed by atoms with Gasteiger partial charge in [0.25, 0.3) is 0 Å². The van der Waals surface area contributed by atoms with Crippen molar-refractivity contribution in [3.05, 3.63) is 44.8 Å². The van der Waals surface area contributed by atoms with E-state index in [0.29, 0.717) is 6.04 Å². The molecule has 0 spiro atoms. The summed E-state index contributed by atoms with van der Waals surface area (Å²) >= 11 is 3.69. The molecule has 2 nitrogen and oxygen atoms in total. The zero-order valence-corrected chi connectivity index (χ0v) is 12.7. The summed E-state index contributed by atoms with van der Waals surface area (Å²) in [6, 6.07) is 9.13. The Bertz CT molecular complexity index is 424. The minimum absolute atomic E-state index is 0.377. The van der Waals surface area contributed by atoms with Crippen LogP contribution in [0, 0.1) is 0 Å². The molecule has 1 aliphatic heterocycles. The molecule has 0 aliphatic carbocycles. The van der Waals surface area contributed by atoms with Crippen LogP contribution in [0.1, 0.15) is 28.6 Å². The highest BCUT2D eigenvalue weighted by atomic mass is 32.1. The Labute approximate surface area is 123 Å². The molecule has 0 saturated carbocycles. The molecule has 2 aromatic rings. The molecule has 102 valence electrons. The predicted molar refractivity (Wildman–Crippen MR) is 84.2 cm³/mol. The summed E-state index contributed by atoms with van der Waals surface area (Å²) in [5.74, 6) is 0. The van der Waals surface area contributed by atoms with Gasteiger partial charge >= 0.3 is 0 Å². The van der Waals surface area contributed by atoms with Crippen molar-refractivity contribution < 1.29 is 0 Å². The molecule has 0 bridgehead atoms. The van der Waals surface area contributed by atoms with Crippen LogP contribution in [0.25, 0.3) is 0 Å². The topological polar surface area (TPSA) is 15.3 Å². The highest BCUT2D eigenvalue weighted by molar-refractivity contribution is 7.11. The number of thiophene rings is 2. The minimum Gasteiger partial charge on any atom is -0.304 e. The van der Waals surface area contributed by atoms with Crippen molar-refractivity contribution in [2.75, 3.05) is 26.2 Å². The van der Waals surface area contributed by atoms with Gasteiger partial charge in [0.15, 0.2) is 0 Å². The molecule has 4 heteroatoms. The monoisotopic (exact) mass is 292 g/mol. The second kappa shape index (κ2) is 6.66. The summed E-state index contributed by atoms with van der Waals surface area (Å²) in [6.45, 7) is 4.81. The van der Waals surface area contributed by atoms with Crippen LogP contribution < -0.4 is 5.32 Å². The summed E-state index contributed by atoms with van der Waals surface area (Å²) in [6.07, 6.45) is 2.75. The average molecular weight is 292 g/mol. The molecule has 1 saturated heterocycles. The fourth-order valence-electron chi connectivity index (χ4n) is 2.63. The van der Waals surface area contributed by atoms with Gasteiger partial charge in [0.1, 0.15) is 0 Å². The molecule has 0 radical (unpaired) electrons. The van der Waals surface area contributed by atoms with Crippen LogP contribution in [0.15, 0.2) is 35.0 Å². The van der Waals surface area contributed by atoms with Crippen LogP contribution in [0.5, 0.6) is 0 Å². The third kappa shape index (κ3) is 3.45. The van der Waals surface area contributed by atoms with E-state index in [1.165, 1.54) is 42.2 Å². The van der Waals surface area contributed by atoms with Crippen LogP contribution in [-0.4, -0.2) is 31.1 Å². The lowest BCUT2D eigenvalue weighted by Crippen LogP contribution is -2.32. The normalized spacial score (nSPS) is 16.5. The summed E-state index contributed by atoms with van der Waals surface area (Å²) in [7, 11) is 0. The molecule has 19 heavy (non-hydrogen) atoms. The fraction of sp³-hybridized carbons (Fsp3) is 0.467. The Morgan fingerprint density at radius 2 is 1.68 bits per heavy atom. The first-order chi connectivity index (χ1) is 9.43. The fourth-order valence-corrected chi connectivity index (χ4v) is 4.34. The smallest absolute Gasteiger partial charge is 0.0765 e. The van der Waals surface area contributed by atoms with Crippen LogP contribution in [0.4, 0.5) is 0 Å². The van der Waals surface area contributed by atoms with Crippen LogP contribution in [0.2, 0.25) is 0 Å². The van der Waals surface area contributed by atoms with Gasteiger partial charge in [-0.2, -0.15) is 0 Å². The zero-order valence-electron chi connectivity index (χ0n) is 11.0. The molecular weight excluding hydrogens is 272 g/mol.